The van der Waals surface area contributed by atoms with Crippen LogP contribution in [0.3, 0.4) is 0 Å². The molecule has 0 radical (unpaired) electrons. The summed E-state index contributed by atoms with van der Waals surface area (Å²) in [6.07, 6.45) is 1.13. The molecule has 0 aliphatic carbocycles. The Morgan fingerprint density at radius 2 is 2.30 bits per heavy atom. The summed E-state index contributed by atoms with van der Waals surface area (Å²) in [7, 11) is 0. The van der Waals surface area contributed by atoms with E-state index in [9.17, 15) is 0 Å². The molecule has 0 amide bonds. The lowest BCUT2D eigenvalue weighted by Crippen LogP contribution is -1.93. The minimum absolute atomic E-state index is 0.691. The fourth-order valence-electron chi connectivity index (χ4n) is 0.967. The summed E-state index contributed by atoms with van der Waals surface area (Å²) in [5.41, 5.74) is 6.88. The van der Waals surface area contributed by atoms with E-state index in [1.54, 1.807) is 0 Å². The summed E-state index contributed by atoms with van der Waals surface area (Å²) < 4.78 is 0. The van der Waals surface area contributed by atoms with Crippen molar-refractivity contribution in [1.29, 1.82) is 0 Å². The summed E-state index contributed by atoms with van der Waals surface area (Å²) in [5, 5.41) is 0. The molecule has 1 heterocycles. The van der Waals surface area contributed by atoms with Gasteiger partial charge in [0.1, 0.15) is 0 Å². The van der Waals surface area contributed by atoms with E-state index in [-0.39, 0.29) is 0 Å². The maximum Gasteiger partial charge on any atom is 0.0276 e. The average molecular weight is 155 g/mol. The van der Waals surface area contributed by atoms with Gasteiger partial charge in [0, 0.05) is 16.3 Å². The number of rotatable bonds is 2. The van der Waals surface area contributed by atoms with Crippen molar-refractivity contribution >= 4 is 11.3 Å². The van der Waals surface area contributed by atoms with Gasteiger partial charge in [-0.25, -0.2) is 0 Å². The van der Waals surface area contributed by atoms with Crippen molar-refractivity contribution in [3.63, 3.8) is 0 Å². The van der Waals surface area contributed by atoms with Gasteiger partial charge in [-0.1, -0.05) is 6.92 Å². The summed E-state index contributed by atoms with van der Waals surface area (Å²) in [6.45, 7) is 4.99. The highest BCUT2D eigenvalue weighted by Crippen LogP contribution is 2.21. The molecule has 0 aromatic carbocycles. The van der Waals surface area contributed by atoms with Crippen molar-refractivity contribution in [2.45, 2.75) is 26.8 Å². The van der Waals surface area contributed by atoms with E-state index in [0.29, 0.717) is 6.54 Å². The lowest BCUT2D eigenvalue weighted by Gasteiger charge is -1.88. The van der Waals surface area contributed by atoms with Crippen molar-refractivity contribution in [3.8, 4) is 0 Å². The van der Waals surface area contributed by atoms with Gasteiger partial charge in [0.05, 0.1) is 0 Å². The maximum atomic E-state index is 5.53. The first-order valence-electron chi connectivity index (χ1n) is 3.56. The van der Waals surface area contributed by atoms with E-state index in [0.717, 1.165) is 6.42 Å². The Morgan fingerprint density at radius 1 is 1.60 bits per heavy atom. The number of hydrogen-bond acceptors (Lipinski definition) is 2. The van der Waals surface area contributed by atoms with Crippen LogP contribution in [0, 0.1) is 6.92 Å². The Hall–Kier alpha value is -0.340. The van der Waals surface area contributed by atoms with Crippen LogP contribution in [-0.2, 0) is 13.0 Å². The summed E-state index contributed by atoms with van der Waals surface area (Å²) in [6, 6.07) is 2.23. The number of thiophene rings is 1. The molecule has 0 saturated carbocycles. The maximum absolute atomic E-state index is 5.53. The van der Waals surface area contributed by atoms with Crippen LogP contribution in [0.25, 0.3) is 0 Å². The first-order valence-corrected chi connectivity index (χ1v) is 4.37. The van der Waals surface area contributed by atoms with Crippen molar-refractivity contribution < 1.29 is 0 Å². The third-order valence-electron chi connectivity index (χ3n) is 1.61. The highest BCUT2D eigenvalue weighted by atomic mass is 32.1. The lowest BCUT2D eigenvalue weighted by molar-refractivity contribution is 1.09. The summed E-state index contributed by atoms with van der Waals surface area (Å²) in [4.78, 5) is 2.77. The monoisotopic (exact) mass is 155 g/mol. The van der Waals surface area contributed by atoms with Crippen LogP contribution < -0.4 is 5.73 Å². The molecule has 1 rings (SSSR count). The highest BCUT2D eigenvalue weighted by molar-refractivity contribution is 7.12. The Balaban J connectivity index is 2.92. The quantitative estimate of drug-likeness (QED) is 0.695. The molecule has 0 spiro atoms. The zero-order chi connectivity index (χ0) is 7.56. The van der Waals surface area contributed by atoms with Crippen LogP contribution in [0.5, 0.6) is 0 Å². The lowest BCUT2D eigenvalue weighted by atomic mass is 10.2. The first kappa shape index (κ1) is 7.76. The Morgan fingerprint density at radius 3 is 2.60 bits per heavy atom. The van der Waals surface area contributed by atoms with Gasteiger partial charge in [0.15, 0.2) is 0 Å². The molecule has 2 N–H and O–H groups in total. The SMILES string of the molecule is CCc1cc(C)c(CN)s1. The molecule has 0 bridgehead atoms. The normalized spacial score (nSPS) is 10.3. The van der Waals surface area contributed by atoms with Crippen LogP contribution in [0.4, 0.5) is 0 Å². The van der Waals surface area contributed by atoms with Gasteiger partial charge in [0.25, 0.3) is 0 Å². The van der Waals surface area contributed by atoms with E-state index in [4.69, 9.17) is 5.73 Å². The molecule has 1 aromatic heterocycles. The molecular weight excluding hydrogens is 142 g/mol. The number of hydrogen-bond donors (Lipinski definition) is 1. The Bertz CT molecular complexity index is 215. The van der Waals surface area contributed by atoms with Gasteiger partial charge < -0.3 is 5.73 Å². The van der Waals surface area contributed by atoms with E-state index in [2.05, 4.69) is 19.9 Å². The predicted octanol–water partition coefficient (Wildman–Crippen LogP) is 2.08. The first-order chi connectivity index (χ1) is 4.77. The van der Waals surface area contributed by atoms with Crippen molar-refractivity contribution in [3.05, 3.63) is 21.4 Å². The molecule has 0 unspecified atom stereocenters. The largest absolute Gasteiger partial charge is 0.326 e. The Labute approximate surface area is 65.9 Å². The standard InChI is InChI=1S/C8H13NS/c1-3-7-4-6(2)8(5-9)10-7/h4H,3,5,9H2,1-2H3. The minimum Gasteiger partial charge on any atom is -0.326 e. The molecule has 0 aliphatic heterocycles. The predicted molar refractivity (Wildman–Crippen MR) is 46.3 cm³/mol. The molecule has 0 aliphatic rings. The van der Waals surface area contributed by atoms with Crippen molar-refractivity contribution in [2.75, 3.05) is 0 Å². The van der Waals surface area contributed by atoms with Crippen molar-refractivity contribution in [1.82, 2.24) is 0 Å². The third kappa shape index (κ3) is 1.39. The number of nitrogens with two attached hydrogens (primary N) is 1. The van der Waals surface area contributed by atoms with Gasteiger partial charge in [-0.15, -0.1) is 11.3 Å². The molecule has 0 saturated heterocycles. The van der Waals surface area contributed by atoms with Crippen LogP contribution in [0.2, 0.25) is 0 Å². The number of aryl methyl sites for hydroxylation is 2. The van der Waals surface area contributed by atoms with Gasteiger partial charge in [-0.05, 0) is 25.0 Å². The molecule has 1 nitrogen and oxygen atoms in total. The zero-order valence-electron chi connectivity index (χ0n) is 6.48. The van der Waals surface area contributed by atoms with Crippen molar-refractivity contribution in [2.24, 2.45) is 5.73 Å². The topological polar surface area (TPSA) is 26.0 Å². The minimum atomic E-state index is 0.691. The molecule has 1 aromatic rings. The molecule has 10 heavy (non-hydrogen) atoms. The van der Waals surface area contributed by atoms with Gasteiger partial charge in [0.2, 0.25) is 0 Å². The van der Waals surface area contributed by atoms with Crippen LogP contribution in [0.15, 0.2) is 6.07 Å². The smallest absolute Gasteiger partial charge is 0.0276 e. The van der Waals surface area contributed by atoms with E-state index in [1.165, 1.54) is 15.3 Å². The van der Waals surface area contributed by atoms with Crippen LogP contribution in [0.1, 0.15) is 22.2 Å². The fraction of sp³-hybridized carbons (Fsp3) is 0.500. The van der Waals surface area contributed by atoms with E-state index >= 15 is 0 Å². The molecular formula is C8H13NS. The third-order valence-corrected chi connectivity index (χ3v) is 3.01. The van der Waals surface area contributed by atoms with Crippen LogP contribution >= 0.6 is 11.3 Å². The summed E-state index contributed by atoms with van der Waals surface area (Å²) in [5.74, 6) is 0. The van der Waals surface area contributed by atoms with Crippen LogP contribution in [-0.4, -0.2) is 0 Å². The average Bonchev–Trinajstić information content (AvgIpc) is 2.30. The van der Waals surface area contributed by atoms with Gasteiger partial charge >= 0.3 is 0 Å². The van der Waals surface area contributed by atoms with Gasteiger partial charge in [-0.2, -0.15) is 0 Å². The Kier molecular flexibility index (Phi) is 2.46. The second-order valence-electron chi connectivity index (χ2n) is 2.38. The highest BCUT2D eigenvalue weighted by Gasteiger charge is 2.00. The zero-order valence-corrected chi connectivity index (χ0v) is 7.29. The van der Waals surface area contributed by atoms with E-state index in [1.807, 2.05) is 11.3 Å². The second-order valence-corrected chi connectivity index (χ2v) is 3.60. The molecule has 0 fully saturated rings. The van der Waals surface area contributed by atoms with Gasteiger partial charge in [-0.3, -0.25) is 0 Å². The molecule has 56 valence electrons. The van der Waals surface area contributed by atoms with E-state index < -0.39 is 0 Å². The molecule has 0 atom stereocenters. The summed E-state index contributed by atoms with van der Waals surface area (Å²) >= 11 is 1.83. The fourth-order valence-corrected chi connectivity index (χ4v) is 1.97. The molecule has 2 heteroatoms. The second kappa shape index (κ2) is 3.17.